The van der Waals surface area contributed by atoms with Gasteiger partial charge < -0.3 is 0 Å². The molecule has 1 unspecified atom stereocenters. The summed E-state index contributed by atoms with van der Waals surface area (Å²) in [5, 5.41) is 3.25. The lowest BCUT2D eigenvalue weighted by Gasteiger charge is -2.15. The molecule has 19 heavy (non-hydrogen) atoms. The molecular weight excluding hydrogens is 254 g/mol. The van der Waals surface area contributed by atoms with E-state index in [9.17, 15) is 0 Å². The number of aromatic nitrogens is 1. The summed E-state index contributed by atoms with van der Waals surface area (Å²) in [5.41, 5.74) is 6.76. The third-order valence-corrected chi connectivity index (χ3v) is 4.34. The first-order chi connectivity index (χ1) is 9.19. The number of nitrogens with two attached hydrogens (primary N) is 1. The molecule has 102 valence electrons. The van der Waals surface area contributed by atoms with Crippen molar-refractivity contribution in [2.75, 3.05) is 0 Å². The molecule has 1 aromatic carbocycles. The average Bonchev–Trinajstić information content (AvgIpc) is 2.81. The molecule has 4 heteroatoms. The van der Waals surface area contributed by atoms with Crippen LogP contribution in [0.2, 0.25) is 0 Å². The quantitative estimate of drug-likeness (QED) is 0.629. The molecule has 0 radical (unpaired) electrons. The maximum Gasteiger partial charge on any atom is 0.0944 e. The van der Waals surface area contributed by atoms with Crippen LogP contribution in [0.4, 0.5) is 0 Å². The van der Waals surface area contributed by atoms with Gasteiger partial charge in [0.05, 0.1) is 5.01 Å². The van der Waals surface area contributed by atoms with Gasteiger partial charge in [0.25, 0.3) is 0 Å². The summed E-state index contributed by atoms with van der Waals surface area (Å²) in [6, 6.07) is 8.80. The normalized spacial score (nSPS) is 12.6. The first-order valence-corrected chi connectivity index (χ1v) is 7.48. The van der Waals surface area contributed by atoms with E-state index in [-0.39, 0.29) is 6.04 Å². The first-order valence-electron chi connectivity index (χ1n) is 6.60. The monoisotopic (exact) mass is 275 g/mol. The second-order valence-electron chi connectivity index (χ2n) is 4.92. The minimum Gasteiger partial charge on any atom is -0.271 e. The third kappa shape index (κ3) is 4.13. The van der Waals surface area contributed by atoms with Crippen molar-refractivity contribution in [1.29, 1.82) is 0 Å². The van der Waals surface area contributed by atoms with Crippen molar-refractivity contribution in [3.05, 3.63) is 51.5 Å². The smallest absolute Gasteiger partial charge is 0.0944 e. The summed E-state index contributed by atoms with van der Waals surface area (Å²) < 4.78 is 0. The Morgan fingerprint density at radius 2 is 2.11 bits per heavy atom. The van der Waals surface area contributed by atoms with Gasteiger partial charge in [-0.3, -0.25) is 11.3 Å². The van der Waals surface area contributed by atoms with Gasteiger partial charge >= 0.3 is 0 Å². The van der Waals surface area contributed by atoms with Crippen molar-refractivity contribution in [2.24, 2.45) is 5.84 Å². The van der Waals surface area contributed by atoms with Gasteiger partial charge in [0.1, 0.15) is 0 Å². The van der Waals surface area contributed by atoms with Crippen LogP contribution >= 0.6 is 11.3 Å². The van der Waals surface area contributed by atoms with Gasteiger partial charge in [0.15, 0.2) is 0 Å². The number of hydrogen-bond donors (Lipinski definition) is 2. The van der Waals surface area contributed by atoms with E-state index >= 15 is 0 Å². The molecule has 1 atom stereocenters. The Morgan fingerprint density at radius 1 is 1.32 bits per heavy atom. The van der Waals surface area contributed by atoms with Crippen LogP contribution in [0.3, 0.4) is 0 Å². The minimum absolute atomic E-state index is 0.283. The summed E-state index contributed by atoms with van der Waals surface area (Å²) in [5.74, 6) is 5.66. The fourth-order valence-corrected chi connectivity index (χ4v) is 3.03. The highest BCUT2D eigenvalue weighted by Gasteiger charge is 2.11. The van der Waals surface area contributed by atoms with Gasteiger partial charge in [0, 0.05) is 23.5 Å². The molecule has 1 heterocycles. The second-order valence-corrected chi connectivity index (χ2v) is 5.86. The zero-order valence-corrected chi connectivity index (χ0v) is 12.3. The number of rotatable bonds is 6. The van der Waals surface area contributed by atoms with Crippen LogP contribution in [0.1, 0.15) is 28.2 Å². The lowest BCUT2D eigenvalue weighted by Crippen LogP contribution is -2.37. The van der Waals surface area contributed by atoms with Gasteiger partial charge in [-0.2, -0.15) is 0 Å². The summed E-state index contributed by atoms with van der Waals surface area (Å²) in [6.45, 7) is 4.18. The SMILES string of the molecule is Cc1csc(CC(CCc2ccccc2C)NN)n1. The van der Waals surface area contributed by atoms with E-state index in [0.717, 1.165) is 30.0 Å². The molecule has 0 aliphatic rings. The number of hydrogen-bond acceptors (Lipinski definition) is 4. The van der Waals surface area contributed by atoms with Crippen molar-refractivity contribution >= 4 is 11.3 Å². The average molecular weight is 275 g/mol. The highest BCUT2D eigenvalue weighted by atomic mass is 32.1. The van der Waals surface area contributed by atoms with Crippen LogP contribution in [-0.4, -0.2) is 11.0 Å². The molecule has 0 spiro atoms. The van der Waals surface area contributed by atoms with E-state index in [2.05, 4.69) is 47.0 Å². The number of nitrogens with zero attached hydrogens (tertiary/aromatic N) is 1. The lowest BCUT2D eigenvalue weighted by molar-refractivity contribution is 0.490. The van der Waals surface area contributed by atoms with Crippen molar-refractivity contribution in [1.82, 2.24) is 10.4 Å². The van der Waals surface area contributed by atoms with Gasteiger partial charge in [-0.1, -0.05) is 24.3 Å². The Kier molecular flexibility index (Phi) is 5.07. The standard InChI is InChI=1S/C15H21N3S/c1-11-5-3-4-6-13(11)7-8-14(18-16)9-15-17-12(2)10-19-15/h3-6,10,14,18H,7-9,16H2,1-2H3. The first kappa shape index (κ1) is 14.2. The fraction of sp³-hybridized carbons (Fsp3) is 0.400. The molecule has 3 N–H and O–H groups in total. The van der Waals surface area contributed by atoms with E-state index in [4.69, 9.17) is 5.84 Å². The maximum atomic E-state index is 5.66. The van der Waals surface area contributed by atoms with Gasteiger partial charge in [0.2, 0.25) is 0 Å². The fourth-order valence-electron chi connectivity index (χ4n) is 2.17. The Bertz CT molecular complexity index is 522. The molecule has 0 aliphatic heterocycles. The highest BCUT2D eigenvalue weighted by molar-refractivity contribution is 7.09. The summed E-state index contributed by atoms with van der Waals surface area (Å²) in [4.78, 5) is 4.49. The van der Waals surface area contributed by atoms with Crippen LogP contribution in [0.15, 0.2) is 29.6 Å². The number of benzene rings is 1. The van der Waals surface area contributed by atoms with E-state index in [1.165, 1.54) is 11.1 Å². The largest absolute Gasteiger partial charge is 0.271 e. The molecule has 0 amide bonds. The van der Waals surface area contributed by atoms with Crippen molar-refractivity contribution < 1.29 is 0 Å². The summed E-state index contributed by atoms with van der Waals surface area (Å²) in [7, 11) is 0. The van der Waals surface area contributed by atoms with Crippen molar-refractivity contribution in [3.63, 3.8) is 0 Å². The van der Waals surface area contributed by atoms with Gasteiger partial charge in [-0.25, -0.2) is 4.98 Å². The Labute approximate surface area is 118 Å². The zero-order valence-electron chi connectivity index (χ0n) is 11.5. The molecule has 0 fully saturated rings. The molecule has 2 rings (SSSR count). The molecule has 0 saturated carbocycles. The molecule has 3 nitrogen and oxygen atoms in total. The van der Waals surface area contributed by atoms with Crippen LogP contribution in [0.5, 0.6) is 0 Å². The number of nitrogens with one attached hydrogen (secondary N) is 1. The van der Waals surface area contributed by atoms with Crippen molar-refractivity contribution in [3.8, 4) is 0 Å². The molecule has 0 aliphatic carbocycles. The predicted octanol–water partition coefficient (Wildman–Crippen LogP) is 2.77. The van der Waals surface area contributed by atoms with Crippen LogP contribution < -0.4 is 11.3 Å². The molecule has 1 aromatic heterocycles. The topological polar surface area (TPSA) is 50.9 Å². The molecule has 0 saturated heterocycles. The minimum atomic E-state index is 0.283. The summed E-state index contributed by atoms with van der Waals surface area (Å²) in [6.07, 6.45) is 2.98. The van der Waals surface area contributed by atoms with Crippen molar-refractivity contribution in [2.45, 2.75) is 39.2 Å². The molecule has 2 aromatic rings. The van der Waals surface area contributed by atoms with E-state index in [1.54, 1.807) is 11.3 Å². The van der Waals surface area contributed by atoms with Gasteiger partial charge in [-0.05, 0) is 37.8 Å². The van der Waals surface area contributed by atoms with E-state index in [1.807, 2.05) is 6.92 Å². The van der Waals surface area contributed by atoms with E-state index < -0.39 is 0 Å². The summed E-state index contributed by atoms with van der Waals surface area (Å²) >= 11 is 1.71. The highest BCUT2D eigenvalue weighted by Crippen LogP contribution is 2.15. The number of hydrazine groups is 1. The Balaban J connectivity index is 1.91. The van der Waals surface area contributed by atoms with Crippen LogP contribution in [0.25, 0.3) is 0 Å². The predicted molar refractivity (Wildman–Crippen MR) is 81.2 cm³/mol. The molecular formula is C15H21N3S. The third-order valence-electron chi connectivity index (χ3n) is 3.35. The zero-order chi connectivity index (χ0) is 13.7. The number of thiazole rings is 1. The van der Waals surface area contributed by atoms with Crippen LogP contribution in [0, 0.1) is 13.8 Å². The maximum absolute atomic E-state index is 5.66. The molecule has 0 bridgehead atoms. The van der Waals surface area contributed by atoms with Gasteiger partial charge in [-0.15, -0.1) is 11.3 Å². The second kappa shape index (κ2) is 6.80. The number of aryl methyl sites for hydroxylation is 3. The lowest BCUT2D eigenvalue weighted by atomic mass is 10.00. The van der Waals surface area contributed by atoms with E-state index in [0.29, 0.717) is 0 Å². The van der Waals surface area contributed by atoms with Crippen LogP contribution in [-0.2, 0) is 12.8 Å². The Morgan fingerprint density at radius 3 is 2.74 bits per heavy atom. The Hall–Kier alpha value is -1.23.